The summed E-state index contributed by atoms with van der Waals surface area (Å²) in [7, 11) is 1.78. The van der Waals surface area contributed by atoms with Crippen LogP contribution < -0.4 is 4.90 Å². The van der Waals surface area contributed by atoms with E-state index in [1.165, 1.54) is 5.56 Å². The van der Waals surface area contributed by atoms with E-state index in [0.29, 0.717) is 12.1 Å². The highest BCUT2D eigenvalue weighted by atomic mass is 79.9. The average molecular weight is 495 g/mol. The second-order valence-corrected chi connectivity index (χ2v) is 8.68. The Morgan fingerprint density at radius 3 is 2.66 bits per heavy atom. The second kappa shape index (κ2) is 9.61. The van der Waals surface area contributed by atoms with Gasteiger partial charge in [0.05, 0.1) is 24.1 Å². The number of benzene rings is 1. The Morgan fingerprint density at radius 1 is 1.12 bits per heavy atom. The van der Waals surface area contributed by atoms with Gasteiger partial charge in [0.2, 0.25) is 0 Å². The number of amides is 1. The van der Waals surface area contributed by atoms with Crippen LogP contribution in [0, 0.1) is 0 Å². The molecular weight excluding hydrogens is 468 g/mol. The Kier molecular flexibility index (Phi) is 6.65. The van der Waals surface area contributed by atoms with Crippen LogP contribution in [0.1, 0.15) is 41.2 Å². The SMILES string of the molecule is CCc1nc2ccc(C(=O)N(C)Cc3ccco3)cn2c1N(CC)Cc1cccc(Br)c1. The molecule has 4 aromatic rings. The topological polar surface area (TPSA) is 54.0 Å². The van der Waals surface area contributed by atoms with Gasteiger partial charge in [-0.1, -0.05) is 35.0 Å². The molecule has 0 saturated heterocycles. The van der Waals surface area contributed by atoms with Crippen molar-refractivity contribution in [2.24, 2.45) is 0 Å². The van der Waals surface area contributed by atoms with Crippen LogP contribution in [-0.2, 0) is 19.5 Å². The first-order valence-electron chi connectivity index (χ1n) is 10.8. The number of carbonyl (C=O) groups excluding carboxylic acids is 1. The Balaban J connectivity index is 1.69. The number of nitrogens with zero attached hydrogens (tertiary/aromatic N) is 4. The predicted octanol–water partition coefficient (Wildman–Crippen LogP) is 5.55. The number of halogens is 1. The molecule has 166 valence electrons. The summed E-state index contributed by atoms with van der Waals surface area (Å²) in [5.41, 5.74) is 3.69. The van der Waals surface area contributed by atoms with E-state index in [2.05, 4.69) is 46.8 Å². The molecule has 3 aromatic heterocycles. The van der Waals surface area contributed by atoms with Gasteiger partial charge in [-0.3, -0.25) is 9.20 Å². The average Bonchev–Trinajstić information content (AvgIpc) is 3.43. The molecule has 0 unspecified atom stereocenters. The lowest BCUT2D eigenvalue weighted by atomic mass is 10.2. The van der Waals surface area contributed by atoms with Crippen LogP contribution >= 0.6 is 15.9 Å². The number of furan rings is 1. The fraction of sp³-hybridized carbons (Fsp3) is 0.280. The normalized spacial score (nSPS) is 11.1. The summed E-state index contributed by atoms with van der Waals surface area (Å²) in [4.78, 5) is 21.9. The van der Waals surface area contributed by atoms with E-state index in [-0.39, 0.29) is 5.91 Å². The highest BCUT2D eigenvalue weighted by Crippen LogP contribution is 2.26. The number of hydrogen-bond acceptors (Lipinski definition) is 4. The molecule has 0 fully saturated rings. The summed E-state index contributed by atoms with van der Waals surface area (Å²) in [6, 6.07) is 15.8. The molecule has 0 N–H and O–H groups in total. The Hall–Kier alpha value is -3.06. The molecule has 0 radical (unpaired) electrons. The number of imidazole rings is 1. The molecule has 0 aliphatic heterocycles. The number of hydrogen-bond donors (Lipinski definition) is 0. The monoisotopic (exact) mass is 494 g/mol. The molecule has 7 heteroatoms. The van der Waals surface area contributed by atoms with Gasteiger partial charge in [0.15, 0.2) is 0 Å². The van der Waals surface area contributed by atoms with Crippen LogP contribution in [-0.4, -0.2) is 33.8 Å². The van der Waals surface area contributed by atoms with Crippen LogP contribution in [0.2, 0.25) is 0 Å². The molecule has 0 bridgehead atoms. The summed E-state index contributed by atoms with van der Waals surface area (Å²) in [6.45, 7) is 6.26. The number of aromatic nitrogens is 2. The molecule has 4 rings (SSSR count). The van der Waals surface area contributed by atoms with Crippen molar-refractivity contribution < 1.29 is 9.21 Å². The molecule has 0 saturated carbocycles. The molecule has 0 aliphatic carbocycles. The lowest BCUT2D eigenvalue weighted by Gasteiger charge is -2.24. The van der Waals surface area contributed by atoms with Crippen LogP contribution in [0.3, 0.4) is 0 Å². The van der Waals surface area contributed by atoms with Crippen molar-refractivity contribution in [2.45, 2.75) is 33.4 Å². The molecule has 0 atom stereocenters. The van der Waals surface area contributed by atoms with Gasteiger partial charge in [-0.15, -0.1) is 0 Å². The maximum atomic E-state index is 13.1. The summed E-state index contributed by atoms with van der Waals surface area (Å²) in [6.07, 6.45) is 4.34. The van der Waals surface area contributed by atoms with E-state index >= 15 is 0 Å². The van der Waals surface area contributed by atoms with Gasteiger partial charge in [-0.2, -0.15) is 0 Å². The van der Waals surface area contributed by atoms with Crippen molar-refractivity contribution in [3.63, 3.8) is 0 Å². The molecular formula is C25H27BrN4O2. The van der Waals surface area contributed by atoms with Crippen LogP contribution in [0.4, 0.5) is 5.82 Å². The van der Waals surface area contributed by atoms with Crippen molar-refractivity contribution in [3.05, 3.63) is 88.0 Å². The van der Waals surface area contributed by atoms with Crippen molar-refractivity contribution in [1.82, 2.24) is 14.3 Å². The summed E-state index contributed by atoms with van der Waals surface area (Å²) in [5, 5.41) is 0. The quantitative estimate of drug-likeness (QED) is 0.322. The molecule has 32 heavy (non-hydrogen) atoms. The maximum Gasteiger partial charge on any atom is 0.255 e. The highest BCUT2D eigenvalue weighted by Gasteiger charge is 2.20. The maximum absolute atomic E-state index is 13.1. The van der Waals surface area contributed by atoms with E-state index in [1.807, 2.05) is 47.0 Å². The lowest BCUT2D eigenvalue weighted by molar-refractivity contribution is 0.0775. The van der Waals surface area contributed by atoms with Gasteiger partial charge in [0.25, 0.3) is 5.91 Å². The van der Waals surface area contributed by atoms with E-state index in [0.717, 1.165) is 46.9 Å². The van der Waals surface area contributed by atoms with Gasteiger partial charge in [-0.05, 0) is 55.3 Å². The molecule has 0 spiro atoms. The Bertz CT molecular complexity index is 1220. The van der Waals surface area contributed by atoms with Crippen molar-refractivity contribution in [3.8, 4) is 0 Å². The largest absolute Gasteiger partial charge is 0.467 e. The summed E-state index contributed by atoms with van der Waals surface area (Å²) in [5.74, 6) is 1.73. The third-order valence-corrected chi connectivity index (χ3v) is 6.00. The molecule has 3 heterocycles. The fourth-order valence-corrected chi connectivity index (χ4v) is 4.35. The first-order valence-corrected chi connectivity index (χ1v) is 11.6. The minimum atomic E-state index is -0.0592. The third-order valence-electron chi connectivity index (χ3n) is 5.51. The summed E-state index contributed by atoms with van der Waals surface area (Å²) >= 11 is 3.57. The Morgan fingerprint density at radius 2 is 1.97 bits per heavy atom. The number of rotatable bonds is 8. The van der Waals surface area contributed by atoms with E-state index < -0.39 is 0 Å². The minimum Gasteiger partial charge on any atom is -0.467 e. The van der Waals surface area contributed by atoms with Crippen LogP contribution in [0.5, 0.6) is 0 Å². The Labute approximate surface area is 196 Å². The first kappa shape index (κ1) is 22.1. The minimum absolute atomic E-state index is 0.0592. The molecule has 1 aromatic carbocycles. The second-order valence-electron chi connectivity index (χ2n) is 7.77. The van der Waals surface area contributed by atoms with Crippen molar-refractivity contribution in [1.29, 1.82) is 0 Å². The van der Waals surface area contributed by atoms with E-state index in [1.54, 1.807) is 18.2 Å². The molecule has 0 aliphatic rings. The highest BCUT2D eigenvalue weighted by molar-refractivity contribution is 9.10. The number of aryl methyl sites for hydroxylation is 1. The zero-order chi connectivity index (χ0) is 22.7. The number of pyridine rings is 1. The van der Waals surface area contributed by atoms with Crippen LogP contribution in [0.15, 0.2) is 69.9 Å². The third kappa shape index (κ3) is 4.58. The zero-order valence-corrected chi connectivity index (χ0v) is 20.2. The van der Waals surface area contributed by atoms with Gasteiger partial charge >= 0.3 is 0 Å². The zero-order valence-electron chi connectivity index (χ0n) is 18.6. The molecule has 1 amide bonds. The number of anilines is 1. The first-order chi connectivity index (χ1) is 15.5. The van der Waals surface area contributed by atoms with Crippen molar-refractivity contribution >= 4 is 33.3 Å². The van der Waals surface area contributed by atoms with Gasteiger partial charge in [-0.25, -0.2) is 4.98 Å². The molecule has 6 nitrogen and oxygen atoms in total. The van der Waals surface area contributed by atoms with Crippen LogP contribution in [0.25, 0.3) is 5.65 Å². The van der Waals surface area contributed by atoms with E-state index in [4.69, 9.17) is 9.40 Å². The van der Waals surface area contributed by atoms with E-state index in [9.17, 15) is 4.79 Å². The van der Waals surface area contributed by atoms with Gasteiger partial charge in [0, 0.05) is 30.8 Å². The van der Waals surface area contributed by atoms with Gasteiger partial charge in [0.1, 0.15) is 17.2 Å². The smallest absolute Gasteiger partial charge is 0.255 e. The van der Waals surface area contributed by atoms with Gasteiger partial charge < -0.3 is 14.2 Å². The standard InChI is InChI=1S/C25H27BrN4O2/c1-4-22-24(29(5-2)15-18-8-6-9-20(26)14-18)30-16-19(11-12-23(30)27-22)25(31)28(3)17-21-10-7-13-32-21/h6-14,16H,4-5,15,17H2,1-3H3. The predicted molar refractivity (Wildman–Crippen MR) is 130 cm³/mol. The summed E-state index contributed by atoms with van der Waals surface area (Å²) < 4.78 is 8.50. The number of fused-ring (bicyclic) bond motifs is 1. The fourth-order valence-electron chi connectivity index (χ4n) is 3.90. The lowest BCUT2D eigenvalue weighted by Crippen LogP contribution is -2.27. The van der Waals surface area contributed by atoms with Crippen molar-refractivity contribution in [2.75, 3.05) is 18.5 Å². The number of carbonyl (C=O) groups is 1.